The summed E-state index contributed by atoms with van der Waals surface area (Å²) in [6, 6.07) is 3.35. The van der Waals surface area contributed by atoms with Gasteiger partial charge in [-0.3, -0.25) is 4.79 Å². The summed E-state index contributed by atoms with van der Waals surface area (Å²) in [7, 11) is -3.24. The zero-order valence-corrected chi connectivity index (χ0v) is 17.0. The number of piperidine rings is 1. The fraction of sp³-hybridized carbons (Fsp3) is 0.684. The predicted octanol–water partition coefficient (Wildman–Crippen LogP) is 1.68. The fourth-order valence-electron chi connectivity index (χ4n) is 4.86. The molecule has 8 nitrogen and oxygen atoms in total. The number of hydrogen-bond acceptors (Lipinski definition) is 4. The topological polar surface area (TPSA) is 101 Å². The summed E-state index contributed by atoms with van der Waals surface area (Å²) in [5.41, 5.74) is 0.920. The Morgan fingerprint density at radius 3 is 2.57 bits per heavy atom. The Morgan fingerprint density at radius 1 is 1.11 bits per heavy atom. The maximum atomic E-state index is 12.9. The lowest BCUT2D eigenvalue weighted by atomic mass is 9.84. The lowest BCUT2D eigenvalue weighted by Crippen LogP contribution is -2.49. The van der Waals surface area contributed by atoms with Crippen LogP contribution in [0.3, 0.4) is 0 Å². The van der Waals surface area contributed by atoms with Gasteiger partial charge in [-0.05, 0) is 37.3 Å². The van der Waals surface area contributed by atoms with Gasteiger partial charge in [0.25, 0.3) is 5.56 Å². The summed E-state index contributed by atoms with van der Waals surface area (Å²) >= 11 is 0. The van der Waals surface area contributed by atoms with E-state index in [0.717, 1.165) is 37.8 Å². The van der Waals surface area contributed by atoms with E-state index in [1.54, 1.807) is 10.6 Å². The van der Waals surface area contributed by atoms with Crippen LogP contribution in [0.1, 0.15) is 50.1 Å². The number of pyridine rings is 1. The summed E-state index contributed by atoms with van der Waals surface area (Å²) in [4.78, 5) is 25.2. The third-order valence-electron chi connectivity index (χ3n) is 6.23. The lowest BCUT2D eigenvalue weighted by Gasteiger charge is -2.41. The van der Waals surface area contributed by atoms with Gasteiger partial charge in [0.05, 0.1) is 6.26 Å². The van der Waals surface area contributed by atoms with Crippen LogP contribution in [0.25, 0.3) is 0 Å². The van der Waals surface area contributed by atoms with Gasteiger partial charge in [0.15, 0.2) is 0 Å². The summed E-state index contributed by atoms with van der Waals surface area (Å²) in [6.07, 6.45) is 7.55. The first-order valence-electron chi connectivity index (χ1n) is 10.1. The zero-order chi connectivity index (χ0) is 19.9. The molecule has 9 heteroatoms. The van der Waals surface area contributed by atoms with E-state index in [0.29, 0.717) is 19.6 Å². The number of sulfonamides is 1. The molecule has 1 aliphatic carbocycles. The molecule has 2 N–H and O–H groups in total. The van der Waals surface area contributed by atoms with Crippen LogP contribution in [-0.2, 0) is 16.6 Å². The van der Waals surface area contributed by atoms with Gasteiger partial charge in [0.1, 0.15) is 5.69 Å². The molecule has 154 valence electrons. The van der Waals surface area contributed by atoms with Crippen LogP contribution in [0.2, 0.25) is 0 Å². The minimum absolute atomic E-state index is 0.0139. The predicted molar refractivity (Wildman–Crippen MR) is 107 cm³/mol. The third-order valence-corrected chi connectivity index (χ3v) is 7.46. The molecule has 1 saturated heterocycles. The van der Waals surface area contributed by atoms with E-state index < -0.39 is 10.0 Å². The van der Waals surface area contributed by atoms with Crippen LogP contribution in [0, 0.1) is 5.92 Å². The van der Waals surface area contributed by atoms with Gasteiger partial charge < -0.3 is 15.2 Å². The van der Waals surface area contributed by atoms with Crippen molar-refractivity contribution in [2.24, 2.45) is 5.92 Å². The number of nitrogens with zero attached hydrogens (tertiary/aromatic N) is 2. The average Bonchev–Trinajstić information content (AvgIpc) is 2.64. The summed E-state index contributed by atoms with van der Waals surface area (Å²) in [5.74, 6) is 0.130. The van der Waals surface area contributed by atoms with Crippen LogP contribution < -0.4 is 16.2 Å². The Hall–Kier alpha value is -1.87. The molecule has 3 heterocycles. The quantitative estimate of drug-likeness (QED) is 0.795. The summed E-state index contributed by atoms with van der Waals surface area (Å²) in [5, 5.41) is 5.68. The van der Waals surface area contributed by atoms with Gasteiger partial charge in [-0.25, -0.2) is 17.5 Å². The van der Waals surface area contributed by atoms with E-state index in [1.807, 2.05) is 6.07 Å². The standard InChI is InChI=1S/C19H28N4O4S/c1-28(26,27)22-10-13-9-14(12-22)17-8-7-16(18(24)23(17)11-13)21-19(25)20-15-5-3-2-4-6-15/h7-8,13-15H,2-6,9-12H2,1H3,(H2,20,21,25)/t13-,14-/m1/s1. The molecule has 1 aromatic heterocycles. The molecule has 2 bridgehead atoms. The summed E-state index contributed by atoms with van der Waals surface area (Å²) < 4.78 is 27.1. The van der Waals surface area contributed by atoms with Crippen LogP contribution in [-0.4, -0.2) is 48.7 Å². The van der Waals surface area contributed by atoms with Crippen LogP contribution >= 0.6 is 0 Å². The number of aromatic nitrogens is 1. The Balaban J connectivity index is 1.51. The molecule has 2 atom stereocenters. The Morgan fingerprint density at radius 2 is 1.86 bits per heavy atom. The first kappa shape index (κ1) is 19.4. The van der Waals surface area contributed by atoms with E-state index in [4.69, 9.17) is 0 Å². The van der Waals surface area contributed by atoms with E-state index in [2.05, 4.69) is 10.6 Å². The van der Waals surface area contributed by atoms with Crippen molar-refractivity contribution in [2.45, 2.75) is 57.0 Å². The van der Waals surface area contributed by atoms with E-state index in [1.165, 1.54) is 17.0 Å². The maximum absolute atomic E-state index is 12.9. The number of urea groups is 1. The second kappa shape index (κ2) is 7.51. The molecule has 2 fully saturated rings. The first-order valence-corrected chi connectivity index (χ1v) is 11.9. The smallest absolute Gasteiger partial charge is 0.319 e. The van der Waals surface area contributed by atoms with Crippen molar-refractivity contribution in [3.05, 3.63) is 28.2 Å². The number of amides is 2. The minimum atomic E-state index is -3.24. The molecule has 3 aliphatic rings. The average molecular weight is 409 g/mol. The molecule has 0 spiro atoms. The van der Waals surface area contributed by atoms with Gasteiger partial charge in [0.2, 0.25) is 10.0 Å². The Bertz CT molecular complexity index is 920. The molecule has 4 rings (SSSR count). The molecule has 28 heavy (non-hydrogen) atoms. The molecule has 0 unspecified atom stereocenters. The number of hydrogen-bond donors (Lipinski definition) is 2. The van der Waals surface area contributed by atoms with Crippen molar-refractivity contribution in [1.29, 1.82) is 0 Å². The molecule has 0 radical (unpaired) electrons. The lowest BCUT2D eigenvalue weighted by molar-refractivity contribution is 0.187. The number of carbonyl (C=O) groups is 1. The van der Waals surface area contributed by atoms with Gasteiger partial charge in [-0.2, -0.15) is 0 Å². The highest BCUT2D eigenvalue weighted by molar-refractivity contribution is 7.88. The fourth-order valence-corrected chi connectivity index (χ4v) is 5.79. The molecule has 2 aliphatic heterocycles. The molecular formula is C19H28N4O4S. The van der Waals surface area contributed by atoms with Crippen molar-refractivity contribution in [3.63, 3.8) is 0 Å². The number of anilines is 1. The Labute approximate surface area is 165 Å². The number of rotatable bonds is 3. The van der Waals surface area contributed by atoms with Crippen molar-refractivity contribution in [2.75, 3.05) is 24.7 Å². The maximum Gasteiger partial charge on any atom is 0.319 e. The number of carbonyl (C=O) groups excluding carboxylic acids is 1. The molecular weight excluding hydrogens is 380 g/mol. The van der Waals surface area contributed by atoms with Gasteiger partial charge >= 0.3 is 6.03 Å². The monoisotopic (exact) mass is 408 g/mol. The first-order chi connectivity index (χ1) is 13.3. The van der Waals surface area contributed by atoms with Crippen LogP contribution in [0.5, 0.6) is 0 Å². The molecule has 2 amide bonds. The molecule has 1 aromatic rings. The Kier molecular flexibility index (Phi) is 5.22. The summed E-state index contributed by atoms with van der Waals surface area (Å²) in [6.45, 7) is 1.33. The van der Waals surface area contributed by atoms with Gasteiger partial charge in [0, 0.05) is 37.3 Å². The van der Waals surface area contributed by atoms with E-state index >= 15 is 0 Å². The second-order valence-electron chi connectivity index (χ2n) is 8.40. The van der Waals surface area contributed by atoms with Crippen molar-refractivity contribution >= 4 is 21.7 Å². The molecule has 0 aromatic carbocycles. The third kappa shape index (κ3) is 3.96. The van der Waals surface area contributed by atoms with E-state index in [-0.39, 0.29) is 35.2 Å². The van der Waals surface area contributed by atoms with Crippen LogP contribution in [0.4, 0.5) is 10.5 Å². The minimum Gasteiger partial charge on any atom is -0.335 e. The highest BCUT2D eigenvalue weighted by Gasteiger charge is 2.38. The van der Waals surface area contributed by atoms with E-state index in [9.17, 15) is 18.0 Å². The van der Waals surface area contributed by atoms with Gasteiger partial charge in [-0.1, -0.05) is 19.3 Å². The largest absolute Gasteiger partial charge is 0.335 e. The van der Waals surface area contributed by atoms with Crippen molar-refractivity contribution < 1.29 is 13.2 Å². The highest BCUT2D eigenvalue weighted by atomic mass is 32.2. The molecule has 1 saturated carbocycles. The number of fused-ring (bicyclic) bond motifs is 4. The van der Waals surface area contributed by atoms with Crippen molar-refractivity contribution in [3.8, 4) is 0 Å². The zero-order valence-electron chi connectivity index (χ0n) is 16.2. The number of nitrogens with one attached hydrogen (secondary N) is 2. The SMILES string of the molecule is CS(=O)(=O)N1C[C@H]2C[C@H](C1)c1ccc(NC(=O)NC3CCCCC3)c(=O)n1C2. The second-order valence-corrected chi connectivity index (χ2v) is 10.4. The van der Waals surface area contributed by atoms with Crippen molar-refractivity contribution in [1.82, 2.24) is 14.2 Å². The van der Waals surface area contributed by atoms with Gasteiger partial charge in [-0.15, -0.1) is 0 Å². The normalized spacial score (nSPS) is 25.8. The van der Waals surface area contributed by atoms with Crippen LogP contribution in [0.15, 0.2) is 16.9 Å². The highest BCUT2D eigenvalue weighted by Crippen LogP contribution is 2.36.